The van der Waals surface area contributed by atoms with E-state index in [0.717, 1.165) is 5.52 Å². The molecule has 6 nitrogen and oxygen atoms in total. The summed E-state index contributed by atoms with van der Waals surface area (Å²) in [5.41, 5.74) is 12.9. The van der Waals surface area contributed by atoms with E-state index in [1.165, 1.54) is 0 Å². The zero-order chi connectivity index (χ0) is 11.3. The van der Waals surface area contributed by atoms with Crippen LogP contribution in [0.1, 0.15) is 10.4 Å². The number of benzene rings is 1. The third kappa shape index (κ3) is 1.06. The monoisotopic (exact) mass is 218 g/mol. The number of anilines is 1. The summed E-state index contributed by atoms with van der Waals surface area (Å²) in [5.74, 6) is 0.545. The Kier molecular flexibility index (Phi) is 1.62. The number of carbonyl (C=O) groups is 1. The third-order valence-corrected chi connectivity index (χ3v) is 2.69. The van der Waals surface area contributed by atoms with E-state index in [4.69, 9.17) is 16.2 Å². The molecule has 1 aromatic heterocycles. The molecule has 1 aromatic carbocycles. The van der Waals surface area contributed by atoms with E-state index in [0.29, 0.717) is 35.9 Å². The first kappa shape index (κ1) is 9.02. The lowest BCUT2D eigenvalue weighted by Gasteiger charge is -2.17. The van der Waals surface area contributed by atoms with Crippen molar-refractivity contribution in [3.05, 3.63) is 17.7 Å². The molecule has 2 heterocycles. The molecule has 0 spiro atoms. The Morgan fingerprint density at radius 1 is 1.50 bits per heavy atom. The number of carbonyl (C=O) groups excluding carboxylic acids is 1. The molecular weight excluding hydrogens is 208 g/mol. The van der Waals surface area contributed by atoms with Crippen LogP contribution in [-0.2, 0) is 6.54 Å². The van der Waals surface area contributed by atoms with Gasteiger partial charge in [0.1, 0.15) is 17.9 Å². The number of hydrogen-bond acceptors (Lipinski definition) is 4. The van der Waals surface area contributed by atoms with Gasteiger partial charge in [-0.15, -0.1) is 0 Å². The average molecular weight is 218 g/mol. The smallest absolute Gasteiger partial charge is 0.248 e. The van der Waals surface area contributed by atoms with Crippen LogP contribution < -0.4 is 16.2 Å². The second-order valence-corrected chi connectivity index (χ2v) is 3.68. The highest BCUT2D eigenvalue weighted by Crippen LogP contribution is 2.31. The average Bonchev–Trinajstić information content (AvgIpc) is 2.58. The Balaban J connectivity index is 2.39. The van der Waals surface area contributed by atoms with Gasteiger partial charge in [0.15, 0.2) is 0 Å². The Bertz CT molecular complexity index is 602. The van der Waals surface area contributed by atoms with Gasteiger partial charge in [-0.1, -0.05) is 0 Å². The van der Waals surface area contributed by atoms with Crippen LogP contribution >= 0.6 is 0 Å². The predicted molar refractivity (Wildman–Crippen MR) is 58.2 cm³/mol. The van der Waals surface area contributed by atoms with E-state index in [2.05, 4.69) is 4.98 Å². The van der Waals surface area contributed by atoms with Crippen LogP contribution in [0.15, 0.2) is 12.1 Å². The first-order chi connectivity index (χ1) is 7.66. The topological polar surface area (TPSA) is 96.2 Å². The summed E-state index contributed by atoms with van der Waals surface area (Å²) in [5, 5.41) is 0. The summed E-state index contributed by atoms with van der Waals surface area (Å²) in [7, 11) is 0. The van der Waals surface area contributed by atoms with Crippen molar-refractivity contribution in [1.82, 2.24) is 9.55 Å². The van der Waals surface area contributed by atoms with E-state index in [1.807, 2.05) is 4.57 Å². The van der Waals surface area contributed by atoms with Gasteiger partial charge >= 0.3 is 0 Å². The highest BCUT2D eigenvalue weighted by atomic mass is 16.5. The number of aromatic nitrogens is 2. The minimum absolute atomic E-state index is 0.383. The summed E-state index contributed by atoms with van der Waals surface area (Å²) >= 11 is 0. The van der Waals surface area contributed by atoms with Crippen LogP contribution in [0.25, 0.3) is 11.0 Å². The number of nitrogen functional groups attached to an aromatic ring is 1. The van der Waals surface area contributed by atoms with Crippen LogP contribution in [-0.4, -0.2) is 22.1 Å². The number of primary amides is 1. The van der Waals surface area contributed by atoms with Crippen LogP contribution in [0.5, 0.6) is 5.75 Å². The molecule has 4 N–H and O–H groups in total. The summed E-state index contributed by atoms with van der Waals surface area (Å²) in [6.45, 7) is 1.19. The molecule has 6 heteroatoms. The van der Waals surface area contributed by atoms with Gasteiger partial charge in [0.25, 0.3) is 0 Å². The Morgan fingerprint density at radius 2 is 2.31 bits per heavy atom. The van der Waals surface area contributed by atoms with Crippen LogP contribution in [0, 0.1) is 0 Å². The molecule has 0 saturated carbocycles. The molecule has 0 aliphatic carbocycles. The SMILES string of the molecule is NC(=O)c1cc2c3c(c1)nc(N)n3CCO2. The zero-order valence-corrected chi connectivity index (χ0v) is 8.43. The standard InChI is InChI=1S/C10H10N4O2/c11-9(15)5-3-6-8-7(4-5)16-2-1-14(8)10(12)13-6/h3-4H,1-2H2,(H2,11,15)(H2,12,13). The second-order valence-electron chi connectivity index (χ2n) is 3.68. The van der Waals surface area contributed by atoms with Crippen LogP contribution in [0.2, 0.25) is 0 Å². The van der Waals surface area contributed by atoms with Crippen molar-refractivity contribution >= 4 is 22.9 Å². The van der Waals surface area contributed by atoms with Crippen molar-refractivity contribution in [2.24, 2.45) is 5.73 Å². The normalized spacial score (nSPS) is 13.8. The number of hydrogen-bond donors (Lipinski definition) is 2. The molecule has 3 rings (SSSR count). The lowest BCUT2D eigenvalue weighted by atomic mass is 10.1. The number of nitrogens with zero attached hydrogens (tertiary/aromatic N) is 2. The first-order valence-electron chi connectivity index (χ1n) is 4.89. The molecule has 0 radical (unpaired) electrons. The quantitative estimate of drug-likeness (QED) is 0.710. The molecule has 0 bridgehead atoms. The third-order valence-electron chi connectivity index (χ3n) is 2.69. The molecule has 1 aliphatic heterocycles. The maximum Gasteiger partial charge on any atom is 0.248 e. The fraction of sp³-hybridized carbons (Fsp3) is 0.200. The molecule has 0 atom stereocenters. The molecule has 16 heavy (non-hydrogen) atoms. The number of rotatable bonds is 1. The van der Waals surface area contributed by atoms with Gasteiger partial charge in [-0.3, -0.25) is 4.79 Å². The zero-order valence-electron chi connectivity index (χ0n) is 8.43. The lowest BCUT2D eigenvalue weighted by molar-refractivity contribution is 0.1000. The Hall–Kier alpha value is -2.24. The van der Waals surface area contributed by atoms with Crippen molar-refractivity contribution in [3.63, 3.8) is 0 Å². The van der Waals surface area contributed by atoms with Gasteiger partial charge in [0, 0.05) is 5.56 Å². The summed E-state index contributed by atoms with van der Waals surface area (Å²) in [6, 6.07) is 3.25. The predicted octanol–water partition coefficient (Wildman–Crippen LogP) is 0.110. The van der Waals surface area contributed by atoms with Crippen molar-refractivity contribution in [2.45, 2.75) is 6.54 Å². The van der Waals surface area contributed by atoms with E-state index in [1.54, 1.807) is 12.1 Å². The van der Waals surface area contributed by atoms with Crippen molar-refractivity contribution in [1.29, 1.82) is 0 Å². The molecule has 0 unspecified atom stereocenters. The maximum absolute atomic E-state index is 11.1. The number of imidazole rings is 1. The van der Waals surface area contributed by atoms with Crippen molar-refractivity contribution < 1.29 is 9.53 Å². The largest absolute Gasteiger partial charge is 0.489 e. The first-order valence-corrected chi connectivity index (χ1v) is 4.89. The number of nitrogens with two attached hydrogens (primary N) is 2. The molecule has 1 amide bonds. The number of amides is 1. The molecule has 1 aliphatic rings. The van der Waals surface area contributed by atoms with Gasteiger partial charge in [-0.05, 0) is 12.1 Å². The van der Waals surface area contributed by atoms with Gasteiger partial charge in [-0.25, -0.2) is 4.98 Å². The molecule has 0 saturated heterocycles. The summed E-state index contributed by atoms with van der Waals surface area (Å²) in [6.07, 6.45) is 0. The minimum atomic E-state index is -0.500. The van der Waals surface area contributed by atoms with Gasteiger partial charge < -0.3 is 20.8 Å². The van der Waals surface area contributed by atoms with Crippen LogP contribution in [0.4, 0.5) is 5.95 Å². The fourth-order valence-electron chi connectivity index (χ4n) is 1.97. The second kappa shape index (κ2) is 2.88. The molecule has 0 fully saturated rings. The summed E-state index contributed by atoms with van der Waals surface area (Å²) in [4.78, 5) is 15.3. The molecule has 82 valence electrons. The highest BCUT2D eigenvalue weighted by Gasteiger charge is 2.19. The van der Waals surface area contributed by atoms with E-state index < -0.39 is 5.91 Å². The van der Waals surface area contributed by atoms with E-state index in [-0.39, 0.29) is 0 Å². The maximum atomic E-state index is 11.1. The molecular formula is C10H10N4O2. The Labute approximate surface area is 90.8 Å². The number of ether oxygens (including phenoxy) is 1. The van der Waals surface area contributed by atoms with Crippen LogP contribution in [0.3, 0.4) is 0 Å². The minimum Gasteiger partial charge on any atom is -0.489 e. The lowest BCUT2D eigenvalue weighted by Crippen LogP contribution is -2.17. The van der Waals surface area contributed by atoms with E-state index >= 15 is 0 Å². The van der Waals surface area contributed by atoms with Crippen molar-refractivity contribution in [2.75, 3.05) is 12.3 Å². The molecule has 2 aromatic rings. The van der Waals surface area contributed by atoms with E-state index in [9.17, 15) is 4.79 Å². The fourth-order valence-corrected chi connectivity index (χ4v) is 1.97. The summed E-state index contributed by atoms with van der Waals surface area (Å²) < 4.78 is 7.35. The van der Waals surface area contributed by atoms with Gasteiger partial charge in [0.2, 0.25) is 11.9 Å². The highest BCUT2D eigenvalue weighted by molar-refractivity contribution is 5.98. The van der Waals surface area contributed by atoms with Gasteiger partial charge in [0.05, 0.1) is 12.1 Å². The Morgan fingerprint density at radius 3 is 3.06 bits per heavy atom. The van der Waals surface area contributed by atoms with Gasteiger partial charge in [-0.2, -0.15) is 0 Å². The van der Waals surface area contributed by atoms with Crippen molar-refractivity contribution in [3.8, 4) is 5.75 Å².